The van der Waals surface area contributed by atoms with Gasteiger partial charge in [0.2, 0.25) is 0 Å². The van der Waals surface area contributed by atoms with Crippen molar-refractivity contribution >= 4 is 0 Å². The highest BCUT2D eigenvalue weighted by Crippen LogP contribution is 2.46. The van der Waals surface area contributed by atoms with Crippen molar-refractivity contribution in [3.05, 3.63) is 0 Å². The van der Waals surface area contributed by atoms with Gasteiger partial charge in [0, 0.05) is 74.8 Å². The first-order valence-electron chi connectivity index (χ1n) is 17.9. The summed E-state index contributed by atoms with van der Waals surface area (Å²) in [6, 6.07) is 3.47. The van der Waals surface area contributed by atoms with E-state index in [2.05, 4.69) is 97.8 Å². The summed E-state index contributed by atoms with van der Waals surface area (Å²) in [6.07, 6.45) is 2.26. The molecular weight excluding hydrogens is 522 g/mol. The average Bonchev–Trinajstić information content (AvgIpc) is 3.40. The molecule has 6 rings (SSSR count). The Balaban J connectivity index is 0.000000145. The van der Waals surface area contributed by atoms with Crippen LogP contribution in [-0.2, 0) is 14.2 Å². The molecule has 3 aliphatic carbocycles. The van der Waals surface area contributed by atoms with Crippen molar-refractivity contribution in [3.8, 4) is 0 Å². The molecule has 12 atom stereocenters. The fourth-order valence-electron chi connectivity index (χ4n) is 9.15. The molecule has 246 valence electrons. The molecule has 42 heavy (non-hydrogen) atoms. The van der Waals surface area contributed by atoms with Crippen LogP contribution in [0.3, 0.4) is 0 Å². The minimum atomic E-state index is 0.509. The zero-order chi connectivity index (χ0) is 30.9. The molecule has 3 aliphatic heterocycles. The smallest absolute Gasteiger partial charge is 0.0761 e. The topological polar surface area (TPSA) is 37.4 Å². The van der Waals surface area contributed by atoms with Crippen LogP contribution in [0.25, 0.3) is 0 Å². The zero-order valence-electron chi connectivity index (χ0n) is 29.6. The lowest BCUT2D eigenvalue weighted by Gasteiger charge is -2.54. The monoisotopic (exact) mass is 592 g/mol. The fourth-order valence-corrected chi connectivity index (χ4v) is 9.15. The number of fused-ring (bicyclic) bond motifs is 3. The van der Waals surface area contributed by atoms with Gasteiger partial charge < -0.3 is 14.2 Å². The van der Waals surface area contributed by atoms with Crippen molar-refractivity contribution in [1.29, 1.82) is 0 Å². The van der Waals surface area contributed by atoms with Crippen molar-refractivity contribution < 1.29 is 14.2 Å². The number of hydrogen-bond donors (Lipinski definition) is 0. The maximum atomic E-state index is 5.92. The molecule has 0 aromatic rings. The van der Waals surface area contributed by atoms with E-state index in [1.54, 1.807) is 0 Å². The van der Waals surface area contributed by atoms with E-state index in [0.29, 0.717) is 36.4 Å². The van der Waals surface area contributed by atoms with E-state index in [1.807, 2.05) is 0 Å². The van der Waals surface area contributed by atoms with Gasteiger partial charge in [-0.25, -0.2) is 0 Å². The Morgan fingerprint density at radius 3 is 1.74 bits per heavy atom. The molecule has 0 N–H and O–H groups in total. The van der Waals surface area contributed by atoms with Crippen LogP contribution in [-0.4, -0.2) is 110 Å². The highest BCUT2D eigenvalue weighted by Gasteiger charge is 2.51. The van der Waals surface area contributed by atoms with Crippen LogP contribution >= 0.6 is 0 Å². The first-order valence-corrected chi connectivity index (χ1v) is 17.9. The summed E-state index contributed by atoms with van der Waals surface area (Å²) in [5, 5.41) is 0. The Morgan fingerprint density at radius 1 is 0.524 bits per heavy atom. The molecule has 0 aromatic heterocycles. The SMILES string of the molecule is CC1C(C)C2C1COCCN2C(C)C.CC1C(C)C2C1OCCCN2C(C)C.CC1C(C)C2OCCN(C(C)C)CC12. The van der Waals surface area contributed by atoms with Gasteiger partial charge in [-0.2, -0.15) is 0 Å². The maximum Gasteiger partial charge on any atom is 0.0761 e. The third-order valence-corrected chi connectivity index (χ3v) is 12.8. The van der Waals surface area contributed by atoms with Gasteiger partial charge in [-0.05, 0) is 83.5 Å². The lowest BCUT2D eigenvalue weighted by Crippen LogP contribution is -2.63. The number of rotatable bonds is 3. The highest BCUT2D eigenvalue weighted by atomic mass is 16.5. The van der Waals surface area contributed by atoms with E-state index in [0.717, 1.165) is 92.9 Å². The van der Waals surface area contributed by atoms with Crippen LogP contribution in [0.15, 0.2) is 0 Å². The molecular formula is C36H69N3O3. The summed E-state index contributed by atoms with van der Waals surface area (Å²) < 4.78 is 17.5. The predicted molar refractivity (Wildman–Crippen MR) is 175 cm³/mol. The second-order valence-corrected chi connectivity index (χ2v) is 15.8. The van der Waals surface area contributed by atoms with E-state index >= 15 is 0 Å². The molecule has 0 aromatic carbocycles. The molecule has 6 nitrogen and oxygen atoms in total. The predicted octanol–water partition coefficient (Wildman–Crippen LogP) is 6.14. The van der Waals surface area contributed by atoms with Gasteiger partial charge in [-0.3, -0.25) is 14.7 Å². The molecule has 3 heterocycles. The largest absolute Gasteiger partial charge is 0.380 e. The first kappa shape index (κ1) is 34.6. The molecule has 3 saturated carbocycles. The van der Waals surface area contributed by atoms with Crippen LogP contribution in [0, 0.1) is 47.3 Å². The highest BCUT2D eigenvalue weighted by molar-refractivity contribution is 5.03. The normalized spacial score (nSPS) is 44.4. The van der Waals surface area contributed by atoms with Gasteiger partial charge in [0.15, 0.2) is 0 Å². The summed E-state index contributed by atoms with van der Waals surface area (Å²) in [4.78, 5) is 7.84. The molecule has 6 fully saturated rings. The van der Waals surface area contributed by atoms with Gasteiger partial charge in [0.25, 0.3) is 0 Å². The van der Waals surface area contributed by atoms with Gasteiger partial charge in [0.05, 0.1) is 32.0 Å². The van der Waals surface area contributed by atoms with Crippen LogP contribution in [0.5, 0.6) is 0 Å². The molecule has 0 bridgehead atoms. The number of nitrogens with zero attached hydrogens (tertiary/aromatic N) is 3. The van der Waals surface area contributed by atoms with E-state index in [4.69, 9.17) is 14.2 Å². The quantitative estimate of drug-likeness (QED) is 0.393. The Labute approximate surface area is 260 Å². The average molecular weight is 592 g/mol. The van der Waals surface area contributed by atoms with Crippen molar-refractivity contribution in [2.75, 3.05) is 52.6 Å². The molecule has 3 saturated heterocycles. The maximum absolute atomic E-state index is 5.92. The molecule has 0 radical (unpaired) electrons. The molecule has 0 spiro atoms. The standard InChI is InChI=1S/3C12H23NO/c1-8(2)13-5-6-14-7-11-9(3)10(4)12(11)13;1-8(2)13-5-6-14-12-10(4)9(3)11(12)7-13;1-8(2)13-6-5-7-14-12-10(4)9(3)11(12)13/h3*8-12H,5-7H2,1-4H3. The second kappa shape index (κ2) is 14.9. The summed E-state index contributed by atoms with van der Waals surface area (Å²) in [6.45, 7) is 36.4. The van der Waals surface area contributed by atoms with E-state index in [1.165, 1.54) is 19.5 Å². The summed E-state index contributed by atoms with van der Waals surface area (Å²) in [7, 11) is 0. The van der Waals surface area contributed by atoms with Gasteiger partial charge in [0.1, 0.15) is 0 Å². The molecule has 6 aliphatic rings. The minimum absolute atomic E-state index is 0.509. The Hall–Kier alpha value is -0.240. The molecule has 12 unspecified atom stereocenters. The van der Waals surface area contributed by atoms with Gasteiger partial charge >= 0.3 is 0 Å². The lowest BCUT2D eigenvalue weighted by atomic mass is 9.62. The Kier molecular flexibility index (Phi) is 12.3. The molecule has 6 heteroatoms. The van der Waals surface area contributed by atoms with Crippen LogP contribution in [0.1, 0.15) is 89.5 Å². The van der Waals surface area contributed by atoms with Crippen molar-refractivity contribution in [2.24, 2.45) is 47.3 Å². The summed E-state index contributed by atoms with van der Waals surface area (Å²) >= 11 is 0. The van der Waals surface area contributed by atoms with Crippen molar-refractivity contribution in [3.63, 3.8) is 0 Å². The van der Waals surface area contributed by atoms with Gasteiger partial charge in [-0.1, -0.05) is 41.5 Å². The minimum Gasteiger partial charge on any atom is -0.380 e. The first-order chi connectivity index (χ1) is 19.9. The number of ether oxygens (including phenoxy) is 3. The van der Waals surface area contributed by atoms with Crippen molar-refractivity contribution in [2.45, 2.75) is 132 Å². The third kappa shape index (κ3) is 7.09. The van der Waals surface area contributed by atoms with Crippen molar-refractivity contribution in [1.82, 2.24) is 14.7 Å². The van der Waals surface area contributed by atoms with Crippen LogP contribution in [0.2, 0.25) is 0 Å². The van der Waals surface area contributed by atoms with E-state index < -0.39 is 0 Å². The Bertz CT molecular complexity index is 776. The van der Waals surface area contributed by atoms with E-state index in [-0.39, 0.29) is 0 Å². The van der Waals surface area contributed by atoms with Crippen LogP contribution in [0.4, 0.5) is 0 Å². The number of hydrogen-bond acceptors (Lipinski definition) is 6. The second-order valence-electron chi connectivity index (χ2n) is 15.8. The fraction of sp³-hybridized carbons (Fsp3) is 1.00. The Morgan fingerprint density at radius 2 is 1.10 bits per heavy atom. The van der Waals surface area contributed by atoms with E-state index in [9.17, 15) is 0 Å². The zero-order valence-corrected chi connectivity index (χ0v) is 29.6. The van der Waals surface area contributed by atoms with Crippen LogP contribution < -0.4 is 0 Å². The third-order valence-electron chi connectivity index (χ3n) is 12.8. The summed E-state index contributed by atoms with van der Waals surface area (Å²) in [5.41, 5.74) is 0. The lowest BCUT2D eigenvalue weighted by molar-refractivity contribution is -0.132. The summed E-state index contributed by atoms with van der Waals surface area (Å²) in [5.74, 6) is 6.44. The van der Waals surface area contributed by atoms with Gasteiger partial charge in [-0.15, -0.1) is 0 Å². The molecule has 0 amide bonds.